The molecule has 4 nitrogen and oxygen atoms in total. The lowest BCUT2D eigenvalue weighted by Crippen LogP contribution is -2.38. The van der Waals surface area contributed by atoms with Crippen LogP contribution in [-0.2, 0) is 4.79 Å². The van der Waals surface area contributed by atoms with Gasteiger partial charge in [-0.3, -0.25) is 4.79 Å². The lowest BCUT2D eigenvalue weighted by molar-refractivity contribution is -0.127. The number of halogens is 1. The molecule has 1 saturated heterocycles. The maximum atomic E-state index is 12.9. The molecule has 0 bridgehead atoms. The number of aryl methyl sites for hydroxylation is 1. The standard InChI is InChI=1S/C26H28BrNO3/c1-16-6-5-11-28(14-16)24(29)12-17(2)21-13-22-23(19-7-9-20(27)10-8-19)15-31-26(22)18(3)25(21)30-4/h7-10,12-13,15-16H,5-6,11,14H2,1-4H3/b17-12+. The first-order valence-corrected chi connectivity index (χ1v) is 11.5. The van der Waals surface area contributed by atoms with E-state index in [0.29, 0.717) is 5.92 Å². The number of likely N-dealkylation sites (tertiary alicyclic amines) is 1. The van der Waals surface area contributed by atoms with E-state index in [0.717, 1.165) is 68.5 Å². The van der Waals surface area contributed by atoms with E-state index in [2.05, 4.69) is 41.1 Å². The number of allylic oxidation sites excluding steroid dienone is 1. The summed E-state index contributed by atoms with van der Waals surface area (Å²) >= 11 is 3.50. The number of rotatable bonds is 4. The number of furan rings is 1. The van der Waals surface area contributed by atoms with E-state index in [-0.39, 0.29) is 5.91 Å². The maximum Gasteiger partial charge on any atom is 0.246 e. The van der Waals surface area contributed by atoms with Crippen LogP contribution in [0.1, 0.15) is 37.8 Å². The minimum absolute atomic E-state index is 0.0733. The molecular formula is C26H28BrNO3. The quantitative estimate of drug-likeness (QED) is 0.383. The number of nitrogens with zero attached hydrogens (tertiary/aromatic N) is 1. The van der Waals surface area contributed by atoms with Gasteiger partial charge in [-0.25, -0.2) is 0 Å². The second kappa shape index (κ2) is 8.91. The zero-order valence-corrected chi connectivity index (χ0v) is 20.1. The molecule has 1 atom stereocenters. The number of hydrogen-bond donors (Lipinski definition) is 0. The number of benzene rings is 2. The average molecular weight is 482 g/mol. The largest absolute Gasteiger partial charge is 0.496 e. The molecule has 0 aliphatic carbocycles. The first kappa shape index (κ1) is 21.7. The van der Waals surface area contributed by atoms with Crippen molar-refractivity contribution in [2.75, 3.05) is 20.2 Å². The van der Waals surface area contributed by atoms with Crippen molar-refractivity contribution in [3.8, 4) is 16.9 Å². The van der Waals surface area contributed by atoms with Crippen molar-refractivity contribution < 1.29 is 13.9 Å². The second-order valence-electron chi connectivity index (χ2n) is 8.47. The van der Waals surface area contributed by atoms with Crippen LogP contribution in [0.15, 0.2) is 51.6 Å². The molecule has 1 unspecified atom stereocenters. The minimum atomic E-state index is 0.0733. The Hall–Kier alpha value is -2.53. The van der Waals surface area contributed by atoms with Crippen LogP contribution < -0.4 is 4.74 Å². The molecule has 2 heterocycles. The van der Waals surface area contributed by atoms with Crippen molar-refractivity contribution >= 4 is 38.4 Å². The number of piperidine rings is 1. The van der Waals surface area contributed by atoms with Crippen LogP contribution in [0.4, 0.5) is 0 Å². The Morgan fingerprint density at radius 1 is 1.29 bits per heavy atom. The molecule has 1 aliphatic rings. The van der Waals surface area contributed by atoms with Gasteiger partial charge in [-0.15, -0.1) is 0 Å². The predicted molar refractivity (Wildman–Crippen MR) is 129 cm³/mol. The Labute approximate surface area is 192 Å². The van der Waals surface area contributed by atoms with E-state index in [1.807, 2.05) is 30.9 Å². The summed E-state index contributed by atoms with van der Waals surface area (Å²) in [6, 6.07) is 10.3. The van der Waals surface area contributed by atoms with E-state index in [1.165, 1.54) is 6.42 Å². The van der Waals surface area contributed by atoms with E-state index in [4.69, 9.17) is 9.15 Å². The summed E-state index contributed by atoms with van der Waals surface area (Å²) in [5.74, 6) is 1.38. The summed E-state index contributed by atoms with van der Waals surface area (Å²) in [4.78, 5) is 14.9. The van der Waals surface area contributed by atoms with Crippen molar-refractivity contribution in [3.63, 3.8) is 0 Å². The third kappa shape index (κ3) is 4.29. The van der Waals surface area contributed by atoms with Crippen LogP contribution in [-0.4, -0.2) is 31.0 Å². The zero-order chi connectivity index (χ0) is 22.1. The highest BCUT2D eigenvalue weighted by atomic mass is 79.9. The van der Waals surface area contributed by atoms with Crippen LogP contribution in [0.5, 0.6) is 5.75 Å². The van der Waals surface area contributed by atoms with Gasteiger partial charge >= 0.3 is 0 Å². The third-order valence-electron chi connectivity index (χ3n) is 6.14. The molecule has 3 aromatic rings. The van der Waals surface area contributed by atoms with Crippen molar-refractivity contribution in [1.82, 2.24) is 4.90 Å². The molecule has 0 spiro atoms. The van der Waals surface area contributed by atoms with Crippen LogP contribution >= 0.6 is 15.9 Å². The second-order valence-corrected chi connectivity index (χ2v) is 9.39. The molecule has 1 aromatic heterocycles. The molecular weight excluding hydrogens is 454 g/mol. The maximum absolute atomic E-state index is 12.9. The summed E-state index contributed by atoms with van der Waals surface area (Å²) in [6.07, 6.45) is 5.80. The van der Waals surface area contributed by atoms with Crippen LogP contribution in [0.25, 0.3) is 27.7 Å². The van der Waals surface area contributed by atoms with Crippen molar-refractivity contribution in [1.29, 1.82) is 0 Å². The molecule has 31 heavy (non-hydrogen) atoms. The molecule has 0 saturated carbocycles. The number of methoxy groups -OCH3 is 1. The van der Waals surface area contributed by atoms with Crippen molar-refractivity contribution in [2.45, 2.75) is 33.6 Å². The molecule has 1 aliphatic heterocycles. The first-order chi connectivity index (χ1) is 14.9. The van der Waals surface area contributed by atoms with Gasteiger partial charge in [0.05, 0.1) is 13.4 Å². The fraction of sp³-hybridized carbons (Fsp3) is 0.346. The lowest BCUT2D eigenvalue weighted by atomic mass is 9.96. The smallest absolute Gasteiger partial charge is 0.246 e. The summed E-state index contributed by atoms with van der Waals surface area (Å²) in [5.41, 5.74) is 5.67. The van der Waals surface area contributed by atoms with E-state index >= 15 is 0 Å². The van der Waals surface area contributed by atoms with Gasteiger partial charge in [0.1, 0.15) is 11.3 Å². The molecule has 2 aromatic carbocycles. The van der Waals surface area contributed by atoms with Crippen molar-refractivity contribution in [2.24, 2.45) is 5.92 Å². The summed E-state index contributed by atoms with van der Waals surface area (Å²) in [7, 11) is 1.66. The molecule has 162 valence electrons. The monoisotopic (exact) mass is 481 g/mol. The minimum Gasteiger partial charge on any atom is -0.496 e. The first-order valence-electron chi connectivity index (χ1n) is 10.7. The Balaban J connectivity index is 1.78. The fourth-order valence-corrected chi connectivity index (χ4v) is 4.73. The average Bonchev–Trinajstić information content (AvgIpc) is 3.18. The Bertz CT molecular complexity index is 1140. The predicted octanol–water partition coefficient (Wildman–Crippen LogP) is 6.84. The van der Waals surface area contributed by atoms with Gasteiger partial charge in [-0.1, -0.05) is 35.0 Å². The highest BCUT2D eigenvalue weighted by Crippen LogP contribution is 2.40. The van der Waals surface area contributed by atoms with Gasteiger partial charge in [0.25, 0.3) is 0 Å². The summed E-state index contributed by atoms with van der Waals surface area (Å²) < 4.78 is 12.7. The van der Waals surface area contributed by atoms with Gasteiger partial charge in [-0.05, 0) is 61.9 Å². The van der Waals surface area contributed by atoms with Crippen LogP contribution in [0, 0.1) is 12.8 Å². The molecule has 0 N–H and O–H groups in total. The van der Waals surface area contributed by atoms with Crippen molar-refractivity contribution in [3.05, 3.63) is 58.3 Å². The molecule has 4 rings (SSSR count). The number of fused-ring (bicyclic) bond motifs is 1. The number of carbonyl (C=O) groups is 1. The normalized spacial score (nSPS) is 17.3. The van der Waals surface area contributed by atoms with Gasteiger partial charge in [0.2, 0.25) is 5.91 Å². The highest BCUT2D eigenvalue weighted by Gasteiger charge is 2.22. The Kier molecular flexibility index (Phi) is 6.24. The summed E-state index contributed by atoms with van der Waals surface area (Å²) in [6.45, 7) is 7.85. The molecule has 1 amide bonds. The van der Waals surface area contributed by atoms with E-state index < -0.39 is 0 Å². The van der Waals surface area contributed by atoms with Crippen LogP contribution in [0.3, 0.4) is 0 Å². The van der Waals surface area contributed by atoms with E-state index in [1.54, 1.807) is 19.4 Å². The topological polar surface area (TPSA) is 42.7 Å². The number of hydrogen-bond acceptors (Lipinski definition) is 3. The molecule has 1 fully saturated rings. The SMILES string of the molecule is COc1c(/C(C)=C/C(=O)N2CCCC(C)C2)cc2c(-c3ccc(Br)cc3)coc2c1C. The van der Waals surface area contributed by atoms with Gasteiger partial charge in [0.15, 0.2) is 0 Å². The Morgan fingerprint density at radius 2 is 2.03 bits per heavy atom. The van der Waals surface area contributed by atoms with Gasteiger partial charge < -0.3 is 14.1 Å². The van der Waals surface area contributed by atoms with Gasteiger partial charge in [-0.2, -0.15) is 0 Å². The fourth-order valence-electron chi connectivity index (χ4n) is 4.47. The van der Waals surface area contributed by atoms with Crippen LogP contribution in [0.2, 0.25) is 0 Å². The lowest BCUT2D eigenvalue weighted by Gasteiger charge is -2.30. The number of carbonyl (C=O) groups excluding carboxylic acids is 1. The number of ether oxygens (including phenoxy) is 1. The molecule has 5 heteroatoms. The third-order valence-corrected chi connectivity index (χ3v) is 6.67. The van der Waals surface area contributed by atoms with Gasteiger partial charge in [0, 0.05) is 45.7 Å². The van der Waals surface area contributed by atoms with E-state index in [9.17, 15) is 4.79 Å². The highest BCUT2D eigenvalue weighted by molar-refractivity contribution is 9.10. The molecule has 0 radical (unpaired) electrons. The summed E-state index contributed by atoms with van der Waals surface area (Å²) in [5, 5.41) is 1.02. The zero-order valence-electron chi connectivity index (χ0n) is 18.5. The number of amides is 1. The Morgan fingerprint density at radius 3 is 2.71 bits per heavy atom.